The molecule has 0 radical (unpaired) electrons. The average Bonchev–Trinajstić information content (AvgIpc) is 2.71. The van der Waals surface area contributed by atoms with Gasteiger partial charge in [-0.3, -0.25) is 0 Å². The lowest BCUT2D eigenvalue weighted by atomic mass is 10.0. The van der Waals surface area contributed by atoms with Crippen LogP contribution in [0.5, 0.6) is 11.5 Å². The van der Waals surface area contributed by atoms with E-state index < -0.39 is 30.1 Å². The van der Waals surface area contributed by atoms with E-state index in [4.69, 9.17) is 18.9 Å². The zero-order valence-electron chi connectivity index (χ0n) is 15.7. The van der Waals surface area contributed by atoms with E-state index in [1.54, 1.807) is 31.2 Å². The van der Waals surface area contributed by atoms with Crippen molar-refractivity contribution in [1.29, 1.82) is 0 Å². The Morgan fingerprint density at radius 1 is 1.18 bits per heavy atom. The molecule has 2 aliphatic rings. The fraction of sp³-hybridized carbons (Fsp3) is 0.421. The molecule has 0 bridgehead atoms. The fourth-order valence-electron chi connectivity index (χ4n) is 2.95. The second kappa shape index (κ2) is 8.64. The van der Waals surface area contributed by atoms with Gasteiger partial charge < -0.3 is 29.6 Å². The Labute approximate surface area is 162 Å². The third-order valence-corrected chi connectivity index (χ3v) is 4.28. The van der Waals surface area contributed by atoms with Gasteiger partial charge in [0.1, 0.15) is 13.2 Å². The maximum absolute atomic E-state index is 12.4. The van der Waals surface area contributed by atoms with Gasteiger partial charge in [-0.25, -0.2) is 14.4 Å². The van der Waals surface area contributed by atoms with Crippen molar-refractivity contribution in [3.05, 3.63) is 35.5 Å². The van der Waals surface area contributed by atoms with Crippen molar-refractivity contribution in [3.63, 3.8) is 0 Å². The first-order valence-electron chi connectivity index (χ1n) is 9.06. The number of nitrogens with one attached hydrogen (secondary N) is 2. The monoisotopic (exact) mass is 390 g/mol. The number of amides is 2. The minimum absolute atomic E-state index is 0.00509. The van der Waals surface area contributed by atoms with Gasteiger partial charge in [0.05, 0.1) is 23.9 Å². The molecule has 2 heterocycles. The molecule has 3 rings (SSSR count). The van der Waals surface area contributed by atoms with E-state index in [9.17, 15) is 14.4 Å². The van der Waals surface area contributed by atoms with Crippen LogP contribution in [-0.4, -0.2) is 49.9 Å². The van der Waals surface area contributed by atoms with E-state index in [0.29, 0.717) is 17.9 Å². The van der Waals surface area contributed by atoms with Gasteiger partial charge >= 0.3 is 18.0 Å². The lowest BCUT2D eigenvalue weighted by Gasteiger charge is -2.29. The summed E-state index contributed by atoms with van der Waals surface area (Å²) in [7, 11) is 0. The summed E-state index contributed by atoms with van der Waals surface area (Å²) in [6.45, 7) is 3.41. The molecule has 2 atom stereocenters. The molecule has 0 spiro atoms. The number of carbonyl (C=O) groups is 3. The van der Waals surface area contributed by atoms with Crippen LogP contribution in [0.25, 0.3) is 0 Å². The van der Waals surface area contributed by atoms with E-state index >= 15 is 0 Å². The maximum Gasteiger partial charge on any atom is 0.351 e. The van der Waals surface area contributed by atoms with Crippen LogP contribution >= 0.6 is 0 Å². The van der Waals surface area contributed by atoms with Gasteiger partial charge in [0.15, 0.2) is 11.5 Å². The van der Waals surface area contributed by atoms with Gasteiger partial charge in [0.2, 0.25) is 6.10 Å². The highest BCUT2D eigenvalue weighted by Crippen LogP contribution is 2.31. The molecule has 0 fully saturated rings. The van der Waals surface area contributed by atoms with Crippen LogP contribution in [0.1, 0.15) is 20.3 Å². The molecule has 0 aliphatic carbocycles. The quantitative estimate of drug-likeness (QED) is 0.704. The number of benzene rings is 1. The van der Waals surface area contributed by atoms with E-state index in [-0.39, 0.29) is 31.1 Å². The first kappa shape index (κ1) is 19.5. The Morgan fingerprint density at radius 2 is 1.93 bits per heavy atom. The summed E-state index contributed by atoms with van der Waals surface area (Å²) in [4.78, 5) is 36.6. The number of hydrogen-bond acceptors (Lipinski definition) is 7. The lowest BCUT2D eigenvalue weighted by Crippen LogP contribution is -2.51. The zero-order chi connectivity index (χ0) is 20.1. The third-order valence-electron chi connectivity index (χ3n) is 4.28. The first-order chi connectivity index (χ1) is 13.5. The summed E-state index contributed by atoms with van der Waals surface area (Å²) in [5.41, 5.74) is 0.433. The molecule has 2 aliphatic heterocycles. The first-order valence-corrected chi connectivity index (χ1v) is 9.06. The highest BCUT2D eigenvalue weighted by Gasteiger charge is 2.33. The van der Waals surface area contributed by atoms with Crippen molar-refractivity contribution in [2.24, 2.45) is 0 Å². The van der Waals surface area contributed by atoms with Crippen molar-refractivity contribution < 1.29 is 33.3 Å². The Hall–Kier alpha value is -3.23. The highest BCUT2D eigenvalue weighted by atomic mass is 16.6. The number of para-hydroxylation sites is 2. The Kier molecular flexibility index (Phi) is 6.03. The van der Waals surface area contributed by atoms with Gasteiger partial charge in [-0.15, -0.1) is 0 Å². The standard InChI is InChI=1S/C19H22N2O7/c1-3-11-16(18(23)25-4-2)12(21-19(24)20-11)9-27-17(22)15-10-26-13-7-5-6-8-14(13)28-15/h5-8,11,15H,3-4,9-10H2,1-2H3,(H2,20,21,24)/t11-,15-/m0/s1. The fourth-order valence-corrected chi connectivity index (χ4v) is 2.95. The minimum Gasteiger partial charge on any atom is -0.485 e. The summed E-state index contributed by atoms with van der Waals surface area (Å²) < 4.78 is 21.5. The van der Waals surface area contributed by atoms with Crippen LogP contribution in [0, 0.1) is 0 Å². The summed E-state index contributed by atoms with van der Waals surface area (Å²) in [6, 6.07) is 5.99. The summed E-state index contributed by atoms with van der Waals surface area (Å²) in [5, 5.41) is 5.18. The molecule has 28 heavy (non-hydrogen) atoms. The number of esters is 2. The summed E-state index contributed by atoms with van der Waals surface area (Å²) in [6.07, 6.45) is -0.462. The van der Waals surface area contributed by atoms with Crippen molar-refractivity contribution in [1.82, 2.24) is 10.6 Å². The second-order valence-corrected chi connectivity index (χ2v) is 6.14. The molecule has 0 unspecified atom stereocenters. The number of rotatable bonds is 6. The van der Waals surface area contributed by atoms with Crippen LogP contribution in [-0.2, 0) is 19.1 Å². The van der Waals surface area contributed by atoms with Crippen molar-refractivity contribution in [2.45, 2.75) is 32.4 Å². The number of hydrogen-bond donors (Lipinski definition) is 2. The van der Waals surface area contributed by atoms with E-state index in [2.05, 4.69) is 10.6 Å². The van der Waals surface area contributed by atoms with Crippen LogP contribution < -0.4 is 20.1 Å². The molecule has 2 N–H and O–H groups in total. The molecule has 0 aromatic heterocycles. The van der Waals surface area contributed by atoms with Crippen LogP contribution in [0.15, 0.2) is 35.5 Å². The van der Waals surface area contributed by atoms with Crippen molar-refractivity contribution in [3.8, 4) is 11.5 Å². The predicted molar refractivity (Wildman–Crippen MR) is 96.7 cm³/mol. The Balaban J connectivity index is 1.70. The molecule has 0 saturated carbocycles. The van der Waals surface area contributed by atoms with E-state index in [0.717, 1.165) is 0 Å². The smallest absolute Gasteiger partial charge is 0.351 e. The minimum atomic E-state index is -0.944. The third kappa shape index (κ3) is 4.19. The van der Waals surface area contributed by atoms with Gasteiger partial charge in [-0.05, 0) is 25.5 Å². The van der Waals surface area contributed by atoms with Gasteiger partial charge in [-0.2, -0.15) is 0 Å². The zero-order valence-corrected chi connectivity index (χ0v) is 15.7. The van der Waals surface area contributed by atoms with Crippen LogP contribution in [0.3, 0.4) is 0 Å². The largest absolute Gasteiger partial charge is 0.485 e. The maximum atomic E-state index is 12.4. The summed E-state index contributed by atoms with van der Waals surface area (Å²) >= 11 is 0. The van der Waals surface area contributed by atoms with Crippen molar-refractivity contribution in [2.75, 3.05) is 19.8 Å². The molecule has 1 aromatic carbocycles. The van der Waals surface area contributed by atoms with Gasteiger partial charge in [-0.1, -0.05) is 19.1 Å². The van der Waals surface area contributed by atoms with Gasteiger partial charge in [0.25, 0.3) is 0 Å². The number of fused-ring (bicyclic) bond motifs is 1. The predicted octanol–water partition coefficient (Wildman–Crippen LogP) is 1.28. The molecule has 150 valence electrons. The lowest BCUT2D eigenvalue weighted by molar-refractivity contribution is -0.153. The van der Waals surface area contributed by atoms with Crippen LogP contribution in [0.4, 0.5) is 4.79 Å². The molecule has 9 nitrogen and oxygen atoms in total. The Bertz CT molecular complexity index is 805. The molecule has 9 heteroatoms. The average molecular weight is 390 g/mol. The molecular weight excluding hydrogens is 368 g/mol. The second-order valence-electron chi connectivity index (χ2n) is 6.14. The van der Waals surface area contributed by atoms with Crippen LogP contribution in [0.2, 0.25) is 0 Å². The highest BCUT2D eigenvalue weighted by molar-refractivity contribution is 5.95. The van der Waals surface area contributed by atoms with E-state index in [1.807, 2.05) is 6.92 Å². The topological polar surface area (TPSA) is 112 Å². The number of urea groups is 1. The Morgan fingerprint density at radius 3 is 2.64 bits per heavy atom. The molecule has 2 amide bonds. The number of ether oxygens (including phenoxy) is 4. The van der Waals surface area contributed by atoms with E-state index in [1.165, 1.54) is 0 Å². The SMILES string of the molecule is CCOC(=O)C1=C(COC(=O)[C@@H]2COc3ccccc3O2)NC(=O)N[C@H]1CC. The molecule has 0 saturated heterocycles. The summed E-state index contributed by atoms with van der Waals surface area (Å²) in [5.74, 6) is -0.233. The molecule has 1 aromatic rings. The number of carbonyl (C=O) groups excluding carboxylic acids is 3. The normalized spacial score (nSPS) is 20.7. The molecular formula is C19H22N2O7. The van der Waals surface area contributed by atoms with Gasteiger partial charge in [0, 0.05) is 0 Å². The van der Waals surface area contributed by atoms with Crippen molar-refractivity contribution >= 4 is 18.0 Å².